The smallest absolute Gasteiger partial charge is 0.223 e. The molecule has 0 amide bonds. The number of thiophene rings is 2. The van der Waals surface area contributed by atoms with Gasteiger partial charge in [0.15, 0.2) is 0 Å². The summed E-state index contributed by atoms with van der Waals surface area (Å²) in [5.41, 5.74) is 6.38. The first kappa shape index (κ1) is 28.8. The molecule has 0 aliphatic heterocycles. The van der Waals surface area contributed by atoms with Crippen molar-refractivity contribution in [1.29, 1.82) is 0 Å². The van der Waals surface area contributed by atoms with Crippen molar-refractivity contribution in [1.82, 2.24) is 14.5 Å². The molecule has 0 unspecified atom stereocenters. The molecule has 12 aromatic rings. The van der Waals surface area contributed by atoms with Gasteiger partial charge in [-0.05, 0) is 57.4 Å². The minimum Gasteiger partial charge on any atom is -0.308 e. The van der Waals surface area contributed by atoms with Crippen LogP contribution >= 0.6 is 34.3 Å². The van der Waals surface area contributed by atoms with E-state index in [9.17, 15) is 0 Å². The van der Waals surface area contributed by atoms with Crippen molar-refractivity contribution in [2.24, 2.45) is 0 Å². The average Bonchev–Trinajstić information content (AvgIpc) is 3.87. The van der Waals surface area contributed by atoms with E-state index >= 15 is 0 Å². The Morgan fingerprint density at radius 3 is 1.92 bits per heavy atom. The molecule has 3 nitrogen and oxygen atoms in total. The van der Waals surface area contributed by atoms with Crippen molar-refractivity contribution < 1.29 is 0 Å². The second-order valence-corrected chi connectivity index (χ2v) is 15.8. The number of fused-ring (bicyclic) bond motifs is 16. The quantitative estimate of drug-likeness (QED) is 0.167. The highest BCUT2D eigenvalue weighted by Crippen LogP contribution is 2.50. The standard InChI is InChI=1S/C46H24ClN3S2/c47-46-48-41(45-42(49-46)33-18-8-10-20-37(33)52-45)30-22-24-34(28-14-4-3-13-27(28)30)50-35-23-21-25-11-1-2-12-26(25)38(35)39-29-15-5-6-16-31(29)44-40(43(39)50)32-17-7-9-19-36(32)51-44/h1-24H. The van der Waals surface area contributed by atoms with Gasteiger partial charge in [-0.1, -0.05) is 121 Å². The van der Waals surface area contributed by atoms with Crippen molar-refractivity contribution in [3.63, 3.8) is 0 Å². The molecule has 6 heteroatoms. The van der Waals surface area contributed by atoms with E-state index in [4.69, 9.17) is 21.6 Å². The van der Waals surface area contributed by atoms with E-state index in [-0.39, 0.29) is 5.28 Å². The summed E-state index contributed by atoms with van der Waals surface area (Å²) in [5.74, 6) is 0. The number of rotatable bonds is 2. The Balaban J connectivity index is 1.28. The van der Waals surface area contributed by atoms with Crippen molar-refractivity contribution in [2.75, 3.05) is 0 Å². The molecule has 0 radical (unpaired) electrons. The third-order valence-electron chi connectivity index (χ3n) is 10.7. The van der Waals surface area contributed by atoms with Crippen LogP contribution in [0.3, 0.4) is 0 Å². The first-order valence-electron chi connectivity index (χ1n) is 17.3. The Morgan fingerprint density at radius 2 is 1.10 bits per heavy atom. The van der Waals surface area contributed by atoms with Crippen molar-refractivity contribution >= 4 is 129 Å². The van der Waals surface area contributed by atoms with E-state index in [1.165, 1.54) is 68.2 Å². The van der Waals surface area contributed by atoms with Crippen molar-refractivity contribution in [3.8, 4) is 16.9 Å². The first-order chi connectivity index (χ1) is 25.7. The molecule has 8 aromatic carbocycles. The lowest BCUT2D eigenvalue weighted by molar-refractivity contribution is 1.20. The lowest BCUT2D eigenvalue weighted by atomic mass is 9.97. The number of hydrogen-bond donors (Lipinski definition) is 0. The molecule has 0 bridgehead atoms. The van der Waals surface area contributed by atoms with Crippen LogP contribution in [-0.4, -0.2) is 14.5 Å². The van der Waals surface area contributed by atoms with Crippen LogP contribution in [0.15, 0.2) is 146 Å². The van der Waals surface area contributed by atoms with Gasteiger partial charge in [-0.25, -0.2) is 9.97 Å². The second kappa shape index (κ2) is 10.6. The molecule has 0 fully saturated rings. The van der Waals surface area contributed by atoms with Crippen LogP contribution < -0.4 is 0 Å². The van der Waals surface area contributed by atoms with Gasteiger partial charge in [0.25, 0.3) is 0 Å². The van der Waals surface area contributed by atoms with E-state index in [0.29, 0.717) is 0 Å². The minimum absolute atomic E-state index is 0.257. The zero-order valence-corrected chi connectivity index (χ0v) is 29.8. The van der Waals surface area contributed by atoms with Crippen LogP contribution in [0.5, 0.6) is 0 Å². The molecule has 0 aliphatic carbocycles. The molecule has 12 rings (SSSR count). The molecule has 0 atom stereocenters. The lowest BCUT2D eigenvalue weighted by Crippen LogP contribution is -1.98. The molecular formula is C46H24ClN3S2. The van der Waals surface area contributed by atoms with Crippen LogP contribution in [0.25, 0.3) is 112 Å². The van der Waals surface area contributed by atoms with Crippen LogP contribution in [0.1, 0.15) is 0 Å². The highest BCUT2D eigenvalue weighted by atomic mass is 35.5. The Hall–Kier alpha value is -5.85. The largest absolute Gasteiger partial charge is 0.308 e. The maximum atomic E-state index is 6.69. The predicted octanol–water partition coefficient (Wildman–Crippen LogP) is 14.1. The van der Waals surface area contributed by atoms with E-state index in [1.807, 2.05) is 11.3 Å². The molecular weight excluding hydrogens is 694 g/mol. The molecule has 0 N–H and O–H groups in total. The molecule has 4 aromatic heterocycles. The van der Waals surface area contributed by atoms with Crippen LogP contribution in [0.2, 0.25) is 5.28 Å². The van der Waals surface area contributed by atoms with Gasteiger partial charge < -0.3 is 4.57 Å². The van der Waals surface area contributed by atoms with Crippen LogP contribution in [-0.2, 0) is 0 Å². The van der Waals surface area contributed by atoms with Crippen molar-refractivity contribution in [3.05, 3.63) is 151 Å². The Morgan fingerprint density at radius 1 is 0.462 bits per heavy atom. The van der Waals surface area contributed by atoms with Gasteiger partial charge in [-0.15, -0.1) is 22.7 Å². The fourth-order valence-corrected chi connectivity index (χ4v) is 11.2. The van der Waals surface area contributed by atoms with E-state index < -0.39 is 0 Å². The van der Waals surface area contributed by atoms with Crippen LogP contribution in [0.4, 0.5) is 0 Å². The van der Waals surface area contributed by atoms with Gasteiger partial charge >= 0.3 is 0 Å². The summed E-state index contributed by atoms with van der Waals surface area (Å²) >= 11 is 10.3. The minimum atomic E-state index is 0.257. The summed E-state index contributed by atoms with van der Waals surface area (Å²) in [6, 6.07) is 52.9. The topological polar surface area (TPSA) is 30.7 Å². The summed E-state index contributed by atoms with van der Waals surface area (Å²) in [7, 11) is 0. The highest BCUT2D eigenvalue weighted by Gasteiger charge is 2.25. The zero-order chi connectivity index (χ0) is 34.1. The summed E-state index contributed by atoms with van der Waals surface area (Å²) in [4.78, 5) is 9.62. The van der Waals surface area contributed by atoms with E-state index in [0.717, 1.165) is 43.3 Å². The van der Waals surface area contributed by atoms with Gasteiger partial charge in [0.2, 0.25) is 5.28 Å². The average molecular weight is 718 g/mol. The predicted molar refractivity (Wildman–Crippen MR) is 225 cm³/mol. The molecule has 0 aliphatic rings. The summed E-state index contributed by atoms with van der Waals surface area (Å²) in [5, 5.41) is 13.9. The monoisotopic (exact) mass is 717 g/mol. The van der Waals surface area contributed by atoms with Gasteiger partial charge in [-0.3, -0.25) is 0 Å². The number of benzene rings is 8. The second-order valence-electron chi connectivity index (χ2n) is 13.4. The molecule has 4 heterocycles. The number of aromatic nitrogens is 3. The Kier molecular flexibility index (Phi) is 5.87. The van der Waals surface area contributed by atoms with Gasteiger partial charge in [0, 0.05) is 57.4 Å². The SMILES string of the molecule is Clc1nc(-c2ccc(-n3c4ccc5ccccc5c4c4c5ccccc5c5sc6ccccc6c5c43)c3ccccc23)c2sc3ccccc3c2n1. The maximum Gasteiger partial charge on any atom is 0.223 e. The molecule has 52 heavy (non-hydrogen) atoms. The number of nitrogens with zero attached hydrogens (tertiary/aromatic N) is 3. The third-order valence-corrected chi connectivity index (χ3v) is 13.3. The first-order valence-corrected chi connectivity index (χ1v) is 19.3. The highest BCUT2D eigenvalue weighted by molar-refractivity contribution is 7.27. The number of halogens is 1. The zero-order valence-electron chi connectivity index (χ0n) is 27.4. The summed E-state index contributed by atoms with van der Waals surface area (Å²) in [6.07, 6.45) is 0. The normalized spacial score (nSPS) is 12.3. The molecule has 0 saturated heterocycles. The van der Waals surface area contributed by atoms with Gasteiger partial charge in [0.1, 0.15) is 0 Å². The molecule has 0 saturated carbocycles. The van der Waals surface area contributed by atoms with E-state index in [2.05, 4.69) is 150 Å². The molecule has 0 spiro atoms. The Bertz CT molecular complexity index is 3500. The van der Waals surface area contributed by atoms with Crippen molar-refractivity contribution in [2.45, 2.75) is 0 Å². The van der Waals surface area contributed by atoms with E-state index in [1.54, 1.807) is 11.3 Å². The van der Waals surface area contributed by atoms with Gasteiger partial charge in [0.05, 0.1) is 32.6 Å². The lowest BCUT2D eigenvalue weighted by Gasteiger charge is -2.16. The number of hydrogen-bond acceptors (Lipinski definition) is 4. The van der Waals surface area contributed by atoms with Gasteiger partial charge in [-0.2, -0.15) is 0 Å². The Labute approximate surface area is 309 Å². The fourth-order valence-electron chi connectivity index (χ4n) is 8.61. The molecule has 242 valence electrons. The van der Waals surface area contributed by atoms with Crippen LogP contribution in [0, 0.1) is 0 Å². The maximum absolute atomic E-state index is 6.69. The summed E-state index contributed by atoms with van der Waals surface area (Å²) in [6.45, 7) is 0. The third kappa shape index (κ3) is 3.80. The summed E-state index contributed by atoms with van der Waals surface area (Å²) < 4.78 is 7.38. The fraction of sp³-hybridized carbons (Fsp3) is 0.